The van der Waals surface area contributed by atoms with Gasteiger partial charge in [-0.25, -0.2) is 9.78 Å². The molecule has 1 fully saturated rings. The average molecular weight is 498 g/mol. The van der Waals surface area contributed by atoms with E-state index in [2.05, 4.69) is 31.2 Å². The van der Waals surface area contributed by atoms with Gasteiger partial charge in [-0.15, -0.1) is 11.3 Å². The number of thiazole rings is 1. The van der Waals surface area contributed by atoms with E-state index in [1.807, 2.05) is 25.7 Å². The van der Waals surface area contributed by atoms with Crippen molar-refractivity contribution >= 4 is 50.6 Å². The molecule has 11 heteroatoms. The van der Waals surface area contributed by atoms with Crippen LogP contribution < -0.4 is 10.2 Å². The first kappa shape index (κ1) is 22.4. The van der Waals surface area contributed by atoms with Gasteiger partial charge < -0.3 is 20.1 Å². The third-order valence-electron chi connectivity index (χ3n) is 4.42. The first-order valence-electron chi connectivity index (χ1n) is 9.40. The van der Waals surface area contributed by atoms with E-state index in [1.165, 1.54) is 11.3 Å². The maximum atomic E-state index is 12.5. The van der Waals surface area contributed by atoms with Gasteiger partial charge in [-0.05, 0) is 42.8 Å². The molecular weight excluding hydrogens is 474 g/mol. The van der Waals surface area contributed by atoms with Crippen molar-refractivity contribution in [2.24, 2.45) is 0 Å². The number of hydrogen-bond acceptors (Lipinski definition) is 8. The molecule has 0 bridgehead atoms. The zero-order valence-corrected chi connectivity index (χ0v) is 19.4. The van der Waals surface area contributed by atoms with Crippen LogP contribution in [0.2, 0.25) is 0 Å². The van der Waals surface area contributed by atoms with Gasteiger partial charge in [-0.2, -0.15) is 0 Å². The molecule has 1 aliphatic rings. The van der Waals surface area contributed by atoms with E-state index in [0.717, 1.165) is 5.69 Å². The van der Waals surface area contributed by atoms with Gasteiger partial charge in [0.05, 0.1) is 30.2 Å². The Bertz CT molecular complexity index is 916. The molecule has 9 nitrogen and oxygen atoms in total. The Morgan fingerprint density at radius 1 is 1.40 bits per heavy atom. The fraction of sp³-hybridized carbons (Fsp3) is 0.474. The van der Waals surface area contributed by atoms with Crippen LogP contribution >= 0.6 is 27.3 Å². The molecule has 162 valence electrons. The lowest BCUT2D eigenvalue weighted by Gasteiger charge is -2.42. The molecule has 2 N–H and O–H groups in total. The SMILES string of the molecule is CC(C)(C)OC(=O)N1CCN(c2ccncc2NC(=O)c2csc(Br)n2)C[C@H]1CO. The lowest BCUT2D eigenvalue weighted by atomic mass is 10.1. The Hall–Kier alpha value is -2.24. The third-order valence-corrected chi connectivity index (χ3v) is 5.78. The summed E-state index contributed by atoms with van der Waals surface area (Å²) in [6.07, 6.45) is 2.76. The van der Waals surface area contributed by atoms with Crippen molar-refractivity contribution in [2.45, 2.75) is 32.4 Å². The fourth-order valence-electron chi connectivity index (χ4n) is 3.09. The number of nitrogens with zero attached hydrogens (tertiary/aromatic N) is 4. The Morgan fingerprint density at radius 3 is 2.80 bits per heavy atom. The number of hydrogen-bond donors (Lipinski definition) is 2. The van der Waals surface area contributed by atoms with E-state index >= 15 is 0 Å². The summed E-state index contributed by atoms with van der Waals surface area (Å²) in [5.41, 5.74) is 0.996. The minimum Gasteiger partial charge on any atom is -0.444 e. The Balaban J connectivity index is 1.74. The molecule has 1 aliphatic heterocycles. The summed E-state index contributed by atoms with van der Waals surface area (Å²) in [4.78, 5) is 36.8. The molecule has 0 unspecified atom stereocenters. The Morgan fingerprint density at radius 2 is 2.17 bits per heavy atom. The molecule has 3 rings (SSSR count). The highest BCUT2D eigenvalue weighted by Gasteiger charge is 2.33. The number of rotatable bonds is 4. The standard InChI is InChI=1S/C19H24BrN5O4S/c1-19(2,3)29-18(28)25-7-6-24(9-12(25)10-26)15-4-5-21-8-13(15)22-16(27)14-11-30-17(20)23-14/h4-5,8,11-12,26H,6-7,9-10H2,1-3H3,(H,22,27)/t12-/m0/s1. The molecular formula is C19H24BrN5O4S. The van der Waals surface area contributed by atoms with Crippen molar-refractivity contribution in [1.82, 2.24) is 14.9 Å². The zero-order chi connectivity index (χ0) is 21.9. The number of pyridine rings is 1. The molecule has 2 amide bonds. The second-order valence-electron chi connectivity index (χ2n) is 7.79. The van der Waals surface area contributed by atoms with Crippen molar-refractivity contribution in [3.8, 4) is 0 Å². The number of aromatic nitrogens is 2. The van der Waals surface area contributed by atoms with E-state index in [-0.39, 0.29) is 12.5 Å². The van der Waals surface area contributed by atoms with Crippen LogP contribution in [0.1, 0.15) is 31.3 Å². The largest absolute Gasteiger partial charge is 0.444 e. The molecule has 2 aromatic rings. The number of anilines is 2. The molecule has 1 saturated heterocycles. The van der Waals surface area contributed by atoms with Crippen LogP contribution in [0.15, 0.2) is 27.8 Å². The second-order valence-corrected chi connectivity index (χ2v) is 9.92. The smallest absolute Gasteiger partial charge is 0.410 e. The van der Waals surface area contributed by atoms with Crippen molar-refractivity contribution in [3.05, 3.63) is 33.5 Å². The van der Waals surface area contributed by atoms with Crippen molar-refractivity contribution in [1.29, 1.82) is 0 Å². The highest BCUT2D eigenvalue weighted by atomic mass is 79.9. The molecule has 30 heavy (non-hydrogen) atoms. The van der Waals surface area contributed by atoms with Crippen LogP contribution in [-0.4, -0.2) is 69.9 Å². The number of piperazine rings is 1. The highest BCUT2D eigenvalue weighted by Crippen LogP contribution is 2.28. The summed E-state index contributed by atoms with van der Waals surface area (Å²) in [5, 5.41) is 14.4. The van der Waals surface area contributed by atoms with E-state index in [0.29, 0.717) is 34.9 Å². The van der Waals surface area contributed by atoms with Gasteiger partial charge in [0, 0.05) is 31.2 Å². The number of carbonyl (C=O) groups is 2. The maximum Gasteiger partial charge on any atom is 0.410 e. The van der Waals surface area contributed by atoms with Crippen LogP contribution in [0.3, 0.4) is 0 Å². The molecule has 1 atom stereocenters. The summed E-state index contributed by atoms with van der Waals surface area (Å²) in [7, 11) is 0. The number of carbonyl (C=O) groups excluding carboxylic acids is 2. The number of aliphatic hydroxyl groups excluding tert-OH is 1. The predicted molar refractivity (Wildman–Crippen MR) is 118 cm³/mol. The number of ether oxygens (including phenoxy) is 1. The molecule has 0 aromatic carbocycles. The van der Waals surface area contributed by atoms with Gasteiger partial charge in [-0.1, -0.05) is 0 Å². The summed E-state index contributed by atoms with van der Waals surface area (Å²) in [6.45, 7) is 6.52. The van der Waals surface area contributed by atoms with Gasteiger partial charge in [0.15, 0.2) is 3.92 Å². The Kier molecular flexibility index (Phi) is 6.94. The molecule has 3 heterocycles. The Labute approximate surface area is 187 Å². The molecule has 0 aliphatic carbocycles. The van der Waals surface area contributed by atoms with Gasteiger partial charge in [0.1, 0.15) is 11.3 Å². The monoisotopic (exact) mass is 497 g/mol. The van der Waals surface area contributed by atoms with Crippen molar-refractivity contribution in [3.63, 3.8) is 0 Å². The second kappa shape index (κ2) is 9.27. The van der Waals surface area contributed by atoms with Gasteiger partial charge in [0.2, 0.25) is 0 Å². The van der Waals surface area contributed by atoms with Gasteiger partial charge in [-0.3, -0.25) is 14.7 Å². The van der Waals surface area contributed by atoms with Crippen LogP contribution in [0.5, 0.6) is 0 Å². The maximum absolute atomic E-state index is 12.5. The number of amides is 2. The van der Waals surface area contributed by atoms with Crippen LogP contribution in [0.4, 0.5) is 16.2 Å². The zero-order valence-electron chi connectivity index (χ0n) is 17.0. The summed E-state index contributed by atoms with van der Waals surface area (Å²) in [6, 6.07) is 1.37. The highest BCUT2D eigenvalue weighted by molar-refractivity contribution is 9.11. The first-order chi connectivity index (χ1) is 14.2. The summed E-state index contributed by atoms with van der Waals surface area (Å²) < 4.78 is 6.09. The van der Waals surface area contributed by atoms with E-state index in [9.17, 15) is 14.7 Å². The van der Waals surface area contributed by atoms with E-state index < -0.39 is 17.7 Å². The summed E-state index contributed by atoms with van der Waals surface area (Å²) in [5.74, 6) is -0.336. The van der Waals surface area contributed by atoms with Gasteiger partial charge >= 0.3 is 6.09 Å². The van der Waals surface area contributed by atoms with Crippen LogP contribution in [-0.2, 0) is 4.74 Å². The first-order valence-corrected chi connectivity index (χ1v) is 11.1. The molecule has 0 spiro atoms. The topological polar surface area (TPSA) is 108 Å². The number of aliphatic hydroxyl groups is 1. The number of nitrogens with one attached hydrogen (secondary N) is 1. The van der Waals surface area contributed by atoms with Crippen molar-refractivity contribution < 1.29 is 19.4 Å². The third kappa shape index (κ3) is 5.46. The molecule has 0 saturated carbocycles. The van der Waals surface area contributed by atoms with Gasteiger partial charge in [0.25, 0.3) is 5.91 Å². The van der Waals surface area contributed by atoms with Crippen LogP contribution in [0.25, 0.3) is 0 Å². The quantitative estimate of drug-likeness (QED) is 0.668. The predicted octanol–water partition coefficient (Wildman–Crippen LogP) is 2.97. The normalized spacial score (nSPS) is 17.0. The summed E-state index contributed by atoms with van der Waals surface area (Å²) >= 11 is 4.58. The lowest BCUT2D eigenvalue weighted by Crippen LogP contribution is -2.57. The number of halogens is 1. The average Bonchev–Trinajstić information content (AvgIpc) is 3.13. The molecule has 2 aromatic heterocycles. The van der Waals surface area contributed by atoms with E-state index in [4.69, 9.17) is 4.74 Å². The van der Waals surface area contributed by atoms with E-state index in [1.54, 1.807) is 28.7 Å². The minimum absolute atomic E-state index is 0.199. The fourth-order valence-corrected chi connectivity index (χ4v) is 4.08. The minimum atomic E-state index is -0.610. The van der Waals surface area contributed by atoms with Crippen LogP contribution in [0, 0.1) is 0 Å². The molecule has 0 radical (unpaired) electrons. The lowest BCUT2D eigenvalue weighted by molar-refractivity contribution is 0.00705. The van der Waals surface area contributed by atoms with Crippen molar-refractivity contribution in [2.75, 3.05) is 36.5 Å².